The maximum Gasteiger partial charge on any atom is 0.279 e. The van der Waals surface area contributed by atoms with E-state index in [0.29, 0.717) is 14.9 Å². The summed E-state index contributed by atoms with van der Waals surface area (Å²) in [6.07, 6.45) is 1.39. The zero-order valence-electron chi connectivity index (χ0n) is 19.3. The lowest BCUT2D eigenvalue weighted by Crippen LogP contribution is -2.19. The van der Waals surface area contributed by atoms with Crippen LogP contribution in [0.3, 0.4) is 0 Å². The number of nitrogens with one attached hydrogen (secondary N) is 2. The van der Waals surface area contributed by atoms with E-state index < -0.39 is 27.5 Å². The van der Waals surface area contributed by atoms with E-state index in [1.54, 1.807) is 13.0 Å². The van der Waals surface area contributed by atoms with Crippen LogP contribution in [0.15, 0.2) is 70.1 Å². The molecule has 12 heteroatoms. The fourth-order valence-electron chi connectivity index (χ4n) is 3.06. The number of methoxy groups -OCH3 is 1. The van der Waals surface area contributed by atoms with E-state index in [1.807, 2.05) is 0 Å². The Bertz CT molecular complexity index is 1400. The molecule has 3 rings (SSSR count). The van der Waals surface area contributed by atoms with Gasteiger partial charge in [-0.15, -0.1) is 0 Å². The highest BCUT2D eigenvalue weighted by Gasteiger charge is 2.18. The van der Waals surface area contributed by atoms with Gasteiger partial charge in [0.15, 0.2) is 0 Å². The number of ether oxygens (including phenoxy) is 1. The standard InChI is InChI=1S/C24H22Cl2N4O5S/c1-3-36(34,30-22(31)14-35-2)18-8-4-15(5-9-18)23(32)28-20-10-6-16(25)12-19(20)24(33)29-21-11-7-17(26)13-27-21/h4-13H,3,14H2,1-2H3,(H,28,32)(H,27,29,33). The predicted molar refractivity (Wildman–Crippen MR) is 139 cm³/mol. The summed E-state index contributed by atoms with van der Waals surface area (Å²) in [7, 11) is -1.66. The average molecular weight is 549 g/mol. The summed E-state index contributed by atoms with van der Waals surface area (Å²) in [5, 5.41) is 6.02. The molecule has 3 amide bonds. The maximum atomic E-state index is 13.1. The van der Waals surface area contributed by atoms with Gasteiger partial charge in [-0.1, -0.05) is 30.1 Å². The van der Waals surface area contributed by atoms with Crippen molar-refractivity contribution in [1.82, 2.24) is 4.98 Å². The van der Waals surface area contributed by atoms with Crippen molar-refractivity contribution in [3.63, 3.8) is 0 Å². The van der Waals surface area contributed by atoms with Gasteiger partial charge < -0.3 is 15.4 Å². The number of halogens is 2. The van der Waals surface area contributed by atoms with Crippen LogP contribution in [0, 0.1) is 0 Å². The molecule has 0 spiro atoms. The smallest absolute Gasteiger partial charge is 0.279 e. The molecule has 2 N–H and O–H groups in total. The lowest BCUT2D eigenvalue weighted by Gasteiger charge is -2.13. The number of pyridine rings is 1. The first-order valence-corrected chi connectivity index (χ1v) is 13.0. The monoisotopic (exact) mass is 548 g/mol. The summed E-state index contributed by atoms with van der Waals surface area (Å²) in [5.41, 5.74) is 0.576. The molecule has 9 nitrogen and oxygen atoms in total. The average Bonchev–Trinajstić information content (AvgIpc) is 2.86. The Hall–Kier alpha value is -3.31. The second kappa shape index (κ2) is 12.1. The molecule has 0 fully saturated rings. The topological polar surface area (TPSA) is 127 Å². The molecule has 0 radical (unpaired) electrons. The summed E-state index contributed by atoms with van der Waals surface area (Å²) in [6.45, 7) is 1.38. The third kappa shape index (κ3) is 6.88. The van der Waals surface area contributed by atoms with Gasteiger partial charge in [-0.25, -0.2) is 9.19 Å². The van der Waals surface area contributed by atoms with Crippen LogP contribution in [-0.2, 0) is 19.3 Å². The van der Waals surface area contributed by atoms with Crippen molar-refractivity contribution in [2.45, 2.75) is 11.8 Å². The number of amides is 3. The van der Waals surface area contributed by atoms with Crippen LogP contribution in [0.2, 0.25) is 10.0 Å². The number of carbonyl (C=O) groups excluding carboxylic acids is 3. The Morgan fingerprint density at radius 1 is 0.972 bits per heavy atom. The van der Waals surface area contributed by atoms with Gasteiger partial charge in [-0.3, -0.25) is 14.4 Å². The molecule has 1 aromatic heterocycles. The number of hydrogen-bond acceptors (Lipinski definition) is 6. The van der Waals surface area contributed by atoms with E-state index in [-0.39, 0.29) is 35.0 Å². The third-order valence-corrected chi connectivity index (χ3v) is 7.59. The second-order valence-corrected chi connectivity index (χ2v) is 10.7. The number of carbonyl (C=O) groups is 3. The second-order valence-electron chi connectivity index (χ2n) is 7.33. The zero-order chi connectivity index (χ0) is 26.3. The minimum absolute atomic E-state index is 0.111. The zero-order valence-corrected chi connectivity index (χ0v) is 21.6. The molecule has 36 heavy (non-hydrogen) atoms. The largest absolute Gasteiger partial charge is 0.375 e. The van der Waals surface area contributed by atoms with Crippen LogP contribution in [0.25, 0.3) is 0 Å². The molecular weight excluding hydrogens is 527 g/mol. The summed E-state index contributed by atoms with van der Waals surface area (Å²) >= 11 is 11.9. The molecule has 0 saturated heterocycles. The number of benzene rings is 2. The predicted octanol–water partition coefficient (Wildman–Crippen LogP) is 4.91. The first-order chi connectivity index (χ1) is 17.1. The molecule has 0 bridgehead atoms. The minimum Gasteiger partial charge on any atom is -0.375 e. The molecule has 0 saturated carbocycles. The minimum atomic E-state index is -3.00. The van der Waals surface area contributed by atoms with Crippen LogP contribution in [0.4, 0.5) is 11.5 Å². The van der Waals surface area contributed by atoms with Gasteiger partial charge in [0.2, 0.25) is 0 Å². The van der Waals surface area contributed by atoms with E-state index in [4.69, 9.17) is 27.9 Å². The highest BCUT2D eigenvalue weighted by Crippen LogP contribution is 2.23. The van der Waals surface area contributed by atoms with Gasteiger partial charge in [-0.05, 0) is 54.6 Å². The number of rotatable bonds is 8. The number of nitrogens with zero attached hydrogens (tertiary/aromatic N) is 2. The summed E-state index contributed by atoms with van der Waals surface area (Å²) in [4.78, 5) is 41.9. The Morgan fingerprint density at radius 3 is 2.28 bits per heavy atom. The van der Waals surface area contributed by atoms with Crippen molar-refractivity contribution >= 4 is 62.2 Å². The van der Waals surface area contributed by atoms with Crippen molar-refractivity contribution in [2.24, 2.45) is 4.36 Å². The third-order valence-electron chi connectivity index (χ3n) is 4.84. The van der Waals surface area contributed by atoms with Crippen LogP contribution in [0.1, 0.15) is 27.6 Å². The molecule has 1 unspecified atom stereocenters. The van der Waals surface area contributed by atoms with Crippen LogP contribution in [0.5, 0.6) is 0 Å². The van der Waals surface area contributed by atoms with Crippen molar-refractivity contribution in [1.29, 1.82) is 0 Å². The van der Waals surface area contributed by atoms with Crippen LogP contribution in [-0.4, -0.2) is 46.4 Å². The van der Waals surface area contributed by atoms with Crippen molar-refractivity contribution in [3.8, 4) is 0 Å². The first-order valence-electron chi connectivity index (χ1n) is 10.6. The van der Waals surface area contributed by atoms with Crippen LogP contribution < -0.4 is 10.6 Å². The van der Waals surface area contributed by atoms with Gasteiger partial charge in [0.25, 0.3) is 17.7 Å². The van der Waals surface area contributed by atoms with Crippen molar-refractivity contribution in [3.05, 3.63) is 82.0 Å². The molecule has 1 heterocycles. The summed E-state index contributed by atoms with van der Waals surface area (Å²) in [6, 6.07) is 13.4. The SMILES string of the molecule is CCS(=O)(=NC(=O)COC)c1ccc(C(=O)Nc2ccc(Cl)cc2C(=O)Nc2ccc(Cl)cn2)cc1. The van der Waals surface area contributed by atoms with Gasteiger partial charge >= 0.3 is 0 Å². The number of anilines is 2. The number of aromatic nitrogens is 1. The molecular formula is C24H22Cl2N4O5S. The van der Waals surface area contributed by atoms with E-state index in [1.165, 1.54) is 61.8 Å². The van der Waals surface area contributed by atoms with Gasteiger partial charge in [0.05, 0.1) is 26.0 Å². The van der Waals surface area contributed by atoms with E-state index in [0.717, 1.165) is 0 Å². The highest BCUT2D eigenvalue weighted by molar-refractivity contribution is 7.93. The first kappa shape index (κ1) is 27.3. The molecule has 3 aromatic rings. The van der Waals surface area contributed by atoms with E-state index in [2.05, 4.69) is 20.0 Å². The van der Waals surface area contributed by atoms with Gasteiger partial charge in [0.1, 0.15) is 12.4 Å². The lowest BCUT2D eigenvalue weighted by atomic mass is 10.1. The summed E-state index contributed by atoms with van der Waals surface area (Å²) in [5.74, 6) is -1.31. The van der Waals surface area contributed by atoms with E-state index >= 15 is 0 Å². The van der Waals surface area contributed by atoms with E-state index in [9.17, 15) is 18.6 Å². The number of hydrogen-bond donors (Lipinski definition) is 2. The molecule has 2 aromatic carbocycles. The van der Waals surface area contributed by atoms with Crippen LogP contribution >= 0.6 is 23.2 Å². The maximum absolute atomic E-state index is 13.1. The fourth-order valence-corrected chi connectivity index (χ4v) is 4.85. The Balaban J connectivity index is 1.82. The van der Waals surface area contributed by atoms with Crippen molar-refractivity contribution in [2.75, 3.05) is 30.1 Å². The fraction of sp³-hybridized carbons (Fsp3) is 0.167. The normalized spacial score (nSPS) is 12.3. The van der Waals surface area contributed by atoms with Gasteiger partial charge in [-0.2, -0.15) is 4.36 Å². The van der Waals surface area contributed by atoms with Gasteiger partial charge in [0, 0.05) is 34.5 Å². The Labute approximate surface area is 218 Å². The van der Waals surface area contributed by atoms with Crippen molar-refractivity contribution < 1.29 is 23.3 Å². The summed E-state index contributed by atoms with van der Waals surface area (Å²) < 4.78 is 21.7. The molecule has 0 aliphatic rings. The molecule has 0 aliphatic heterocycles. The quantitative estimate of drug-likeness (QED) is 0.411. The molecule has 0 aliphatic carbocycles. The highest BCUT2D eigenvalue weighted by atomic mass is 35.5. The lowest BCUT2D eigenvalue weighted by molar-refractivity contribution is -0.121. The molecule has 1 atom stereocenters. The Morgan fingerprint density at radius 2 is 1.67 bits per heavy atom. The molecule has 188 valence electrons. The Kier molecular flexibility index (Phi) is 9.16.